The molecule has 1 spiro atoms. The third-order valence-corrected chi connectivity index (χ3v) is 7.18. The van der Waals surface area contributed by atoms with E-state index in [1.54, 1.807) is 43.4 Å². The molecule has 3 heterocycles. The van der Waals surface area contributed by atoms with E-state index in [2.05, 4.69) is 16.5 Å². The second-order valence-corrected chi connectivity index (χ2v) is 10.4. The lowest BCUT2D eigenvalue weighted by Crippen LogP contribution is -2.56. The maximum Gasteiger partial charge on any atom is 0.471 e. The van der Waals surface area contributed by atoms with Crippen LogP contribution in [0.15, 0.2) is 24.3 Å². The van der Waals surface area contributed by atoms with Gasteiger partial charge in [0.1, 0.15) is 23.9 Å². The van der Waals surface area contributed by atoms with Crippen molar-refractivity contribution in [3.05, 3.63) is 24.3 Å². The van der Waals surface area contributed by atoms with Crippen LogP contribution in [0.3, 0.4) is 0 Å². The minimum atomic E-state index is -5.18. The van der Waals surface area contributed by atoms with Crippen molar-refractivity contribution in [2.75, 3.05) is 18.9 Å². The smallest absolute Gasteiger partial charge is 0.337 e. The molecule has 11 nitrogen and oxygen atoms in total. The Morgan fingerprint density at radius 1 is 1.28 bits per heavy atom. The number of benzene rings is 1. The molecule has 4 atom stereocenters. The van der Waals surface area contributed by atoms with Gasteiger partial charge >= 0.3 is 12.1 Å². The number of anilines is 1. The molecule has 2 aromatic rings. The van der Waals surface area contributed by atoms with Crippen molar-refractivity contribution in [3.63, 3.8) is 0 Å². The van der Waals surface area contributed by atoms with Gasteiger partial charge in [0.15, 0.2) is 5.54 Å². The summed E-state index contributed by atoms with van der Waals surface area (Å²) in [7, 11) is 1.26. The van der Waals surface area contributed by atoms with Gasteiger partial charge in [-0.3, -0.25) is 19.2 Å². The van der Waals surface area contributed by atoms with Crippen LogP contribution in [0.5, 0.6) is 0 Å². The molecular weight excluding hydrogens is 519 g/mol. The molecule has 208 valence electrons. The second-order valence-electron chi connectivity index (χ2n) is 10.4. The molecule has 2 N–H and O–H groups in total. The number of alkyl halides is 3. The van der Waals surface area contributed by atoms with Gasteiger partial charge in [0.05, 0.1) is 18.1 Å². The van der Waals surface area contributed by atoms with Crippen molar-refractivity contribution >= 4 is 40.3 Å². The highest BCUT2D eigenvalue weighted by atomic mass is 19.4. The number of fused-ring (bicyclic) bond motifs is 4. The zero-order valence-corrected chi connectivity index (χ0v) is 21.7. The largest absolute Gasteiger partial charge is 0.471 e. The van der Waals surface area contributed by atoms with Crippen molar-refractivity contribution in [2.24, 2.45) is 5.92 Å². The van der Waals surface area contributed by atoms with Crippen LogP contribution in [0.2, 0.25) is 0 Å². The molecular formula is C25H28F3N7O4. The normalized spacial score (nSPS) is 22.0. The molecule has 1 saturated heterocycles. The summed E-state index contributed by atoms with van der Waals surface area (Å²) in [5.41, 5.74) is -0.716. The first-order chi connectivity index (χ1) is 18.2. The second kappa shape index (κ2) is 9.87. The average molecular weight is 548 g/mol. The molecule has 0 unspecified atom stereocenters. The summed E-state index contributed by atoms with van der Waals surface area (Å²) in [6.07, 6.45) is -5.08. The molecule has 1 aromatic heterocycles. The molecule has 14 heteroatoms. The Morgan fingerprint density at radius 2 is 1.95 bits per heavy atom. The molecule has 0 bridgehead atoms. The lowest BCUT2D eigenvalue weighted by molar-refractivity contribution is -0.175. The number of rotatable bonds is 6. The molecule has 0 aliphatic carbocycles. The lowest BCUT2D eigenvalue weighted by atomic mass is 9.96. The number of aromatic nitrogens is 2. The zero-order valence-electron chi connectivity index (χ0n) is 21.7. The van der Waals surface area contributed by atoms with Crippen LogP contribution in [0.4, 0.5) is 19.0 Å². The van der Waals surface area contributed by atoms with Crippen LogP contribution >= 0.6 is 0 Å². The number of carbonyl (C=O) groups excluding carboxylic acids is 4. The van der Waals surface area contributed by atoms with Gasteiger partial charge < -0.3 is 20.4 Å². The summed E-state index contributed by atoms with van der Waals surface area (Å²) in [5, 5.41) is 19.6. The van der Waals surface area contributed by atoms with E-state index in [0.29, 0.717) is 16.7 Å². The zero-order chi connectivity index (χ0) is 28.9. The average Bonchev–Trinajstić information content (AvgIpc) is 3.52. The van der Waals surface area contributed by atoms with E-state index in [0.717, 1.165) is 11.8 Å². The molecule has 1 aromatic carbocycles. The quantitative estimate of drug-likeness (QED) is 0.565. The highest BCUT2D eigenvalue weighted by molar-refractivity contribution is 6.08. The van der Waals surface area contributed by atoms with Gasteiger partial charge in [0, 0.05) is 18.9 Å². The Hall–Kier alpha value is -4.15. The Morgan fingerprint density at radius 3 is 2.56 bits per heavy atom. The molecule has 2 aliphatic rings. The standard InChI is InChI=1S/C25H28F3N7O4/c1-13(2)9-18(33(4)20(36)14(3)30-23(39)25(26,27)28)21(37)34-12-24(10-15(34)11-29)22(38)31-19-16-7-5-6-8-17(16)32-35(19)24/h5-8,13-15,18H,9-10,12H2,1-4H3,(H,30,39)(H,31,38)/t14-,15-,18-,24+/m0/s1. The van der Waals surface area contributed by atoms with E-state index < -0.39 is 53.5 Å². The van der Waals surface area contributed by atoms with Crippen molar-refractivity contribution in [2.45, 2.75) is 63.5 Å². The van der Waals surface area contributed by atoms with Crippen molar-refractivity contribution in [3.8, 4) is 6.07 Å². The van der Waals surface area contributed by atoms with E-state index >= 15 is 0 Å². The van der Waals surface area contributed by atoms with E-state index in [1.807, 2.05) is 0 Å². The minimum absolute atomic E-state index is 0.0356. The first-order valence-corrected chi connectivity index (χ1v) is 12.4. The van der Waals surface area contributed by atoms with E-state index in [-0.39, 0.29) is 25.3 Å². The van der Waals surface area contributed by atoms with Crippen molar-refractivity contribution in [1.82, 2.24) is 24.9 Å². The fraction of sp³-hybridized carbons (Fsp3) is 0.520. The molecule has 0 radical (unpaired) electrons. The predicted molar refractivity (Wildman–Crippen MR) is 132 cm³/mol. The Bertz CT molecular complexity index is 1380. The van der Waals surface area contributed by atoms with Gasteiger partial charge in [-0.25, -0.2) is 4.68 Å². The first-order valence-electron chi connectivity index (χ1n) is 12.4. The fourth-order valence-corrected chi connectivity index (χ4v) is 5.20. The molecule has 4 rings (SSSR count). The molecule has 1 fully saturated rings. The number of hydrogen-bond acceptors (Lipinski definition) is 6. The van der Waals surface area contributed by atoms with E-state index in [1.165, 1.54) is 16.6 Å². The molecule has 4 amide bonds. The van der Waals surface area contributed by atoms with Gasteiger partial charge in [0.25, 0.3) is 5.91 Å². The number of nitrogens with one attached hydrogen (secondary N) is 2. The maximum absolute atomic E-state index is 13.9. The SMILES string of the molecule is CC(C)C[C@@H](C(=O)N1C[C@]2(C[C@H]1C#N)C(=O)Nc1c3ccccc3nn12)N(C)C(=O)[C@H](C)NC(=O)C(F)(F)F. The van der Waals surface area contributed by atoms with Crippen LogP contribution in [-0.2, 0) is 24.7 Å². The molecule has 0 saturated carbocycles. The number of likely N-dealkylation sites (tertiary alicyclic amines) is 1. The van der Waals surface area contributed by atoms with E-state index in [4.69, 9.17) is 0 Å². The van der Waals surface area contributed by atoms with Gasteiger partial charge in [-0.05, 0) is 31.4 Å². The third kappa shape index (κ3) is 4.77. The first kappa shape index (κ1) is 27.9. The summed E-state index contributed by atoms with van der Waals surface area (Å²) in [6.45, 7) is 4.50. The number of carbonyl (C=O) groups is 4. The summed E-state index contributed by atoms with van der Waals surface area (Å²) in [4.78, 5) is 53.7. The van der Waals surface area contributed by atoms with Gasteiger partial charge in [-0.15, -0.1) is 0 Å². The topological polar surface area (TPSA) is 140 Å². The highest BCUT2D eigenvalue weighted by Gasteiger charge is 2.58. The molecule has 2 aliphatic heterocycles. The van der Waals surface area contributed by atoms with Crippen LogP contribution in [-0.4, -0.2) is 81.1 Å². The summed E-state index contributed by atoms with van der Waals surface area (Å²) >= 11 is 0. The molecule has 39 heavy (non-hydrogen) atoms. The van der Waals surface area contributed by atoms with Crippen LogP contribution < -0.4 is 10.6 Å². The Labute approximate surface area is 221 Å². The van der Waals surface area contributed by atoms with Crippen LogP contribution in [0.1, 0.15) is 33.6 Å². The van der Waals surface area contributed by atoms with Gasteiger partial charge in [0.2, 0.25) is 11.8 Å². The Balaban J connectivity index is 1.63. The fourth-order valence-electron chi connectivity index (χ4n) is 5.20. The highest BCUT2D eigenvalue weighted by Crippen LogP contribution is 2.43. The number of amides is 4. The van der Waals surface area contributed by atoms with Crippen LogP contribution in [0, 0.1) is 17.2 Å². The number of nitrogens with zero attached hydrogens (tertiary/aromatic N) is 5. The predicted octanol–water partition coefficient (Wildman–Crippen LogP) is 1.75. The Kier molecular flexibility index (Phi) is 7.05. The number of likely N-dealkylation sites (N-methyl/N-ethyl adjacent to an activating group) is 1. The van der Waals surface area contributed by atoms with Crippen molar-refractivity contribution < 1.29 is 32.3 Å². The number of halogens is 3. The maximum atomic E-state index is 13.9. The van der Waals surface area contributed by atoms with Gasteiger partial charge in [-0.2, -0.15) is 23.5 Å². The lowest BCUT2D eigenvalue weighted by Gasteiger charge is -2.34. The number of nitriles is 1. The van der Waals surface area contributed by atoms with E-state index in [9.17, 15) is 37.6 Å². The minimum Gasteiger partial charge on any atom is -0.337 e. The van der Waals surface area contributed by atoms with Crippen molar-refractivity contribution in [1.29, 1.82) is 5.26 Å². The van der Waals surface area contributed by atoms with Gasteiger partial charge in [-0.1, -0.05) is 26.0 Å². The third-order valence-electron chi connectivity index (χ3n) is 7.18. The summed E-state index contributed by atoms with van der Waals surface area (Å²) in [5.74, 6) is -3.89. The monoisotopic (exact) mass is 547 g/mol. The summed E-state index contributed by atoms with van der Waals surface area (Å²) < 4.78 is 39.6. The van der Waals surface area contributed by atoms with Crippen LogP contribution in [0.25, 0.3) is 10.9 Å². The summed E-state index contributed by atoms with van der Waals surface area (Å²) in [6, 6.07) is 5.49. The number of hydrogen-bond donors (Lipinski definition) is 2.